The van der Waals surface area contributed by atoms with E-state index in [1.807, 2.05) is 66.7 Å². The predicted molar refractivity (Wildman–Crippen MR) is 106 cm³/mol. The van der Waals surface area contributed by atoms with Crippen molar-refractivity contribution in [2.45, 2.75) is 12.1 Å². The summed E-state index contributed by atoms with van der Waals surface area (Å²) in [6.45, 7) is 0.996. The van der Waals surface area contributed by atoms with Gasteiger partial charge in [0.1, 0.15) is 11.4 Å². The smallest absolute Gasteiger partial charge is 0.127 e. The predicted octanol–water partition coefficient (Wildman–Crippen LogP) is 4.37. The fraction of sp³-hybridized carbons (Fsp3) is 0.182. The summed E-state index contributed by atoms with van der Waals surface area (Å²) in [5.41, 5.74) is 1.58. The largest absolute Gasteiger partial charge is 0.497 e. The van der Waals surface area contributed by atoms with Crippen molar-refractivity contribution >= 4 is 11.6 Å². The van der Waals surface area contributed by atoms with E-state index in [1.165, 1.54) is 0 Å². The first kappa shape index (κ1) is 18.5. The zero-order valence-electron chi connectivity index (χ0n) is 14.7. The molecule has 0 saturated carbocycles. The van der Waals surface area contributed by atoms with Gasteiger partial charge in [0.15, 0.2) is 0 Å². The molecule has 0 fully saturated rings. The fourth-order valence-electron chi connectivity index (χ4n) is 2.98. The first-order valence-corrected chi connectivity index (χ1v) is 8.87. The van der Waals surface area contributed by atoms with Crippen molar-refractivity contribution in [3.63, 3.8) is 0 Å². The highest BCUT2D eigenvalue weighted by Gasteiger charge is 2.31. The van der Waals surface area contributed by atoms with E-state index in [2.05, 4.69) is 5.32 Å². The average molecular weight is 368 g/mol. The molecule has 0 radical (unpaired) electrons. The first-order valence-electron chi connectivity index (χ1n) is 8.49. The van der Waals surface area contributed by atoms with Crippen LogP contribution in [0.15, 0.2) is 78.9 Å². The lowest BCUT2D eigenvalue weighted by molar-refractivity contribution is 0.0796. The molecule has 26 heavy (non-hydrogen) atoms. The van der Waals surface area contributed by atoms with Crippen LogP contribution in [0, 0.1) is 0 Å². The lowest BCUT2D eigenvalue weighted by Crippen LogP contribution is -2.39. The van der Waals surface area contributed by atoms with Crippen LogP contribution >= 0.6 is 11.6 Å². The van der Waals surface area contributed by atoms with Crippen molar-refractivity contribution in [3.05, 3.63) is 101 Å². The minimum Gasteiger partial charge on any atom is -0.497 e. The lowest BCUT2D eigenvalue weighted by Gasteiger charge is -2.30. The number of rotatable bonds is 7. The van der Waals surface area contributed by atoms with Crippen LogP contribution in [0.5, 0.6) is 5.75 Å². The van der Waals surface area contributed by atoms with Crippen molar-refractivity contribution in [1.82, 2.24) is 5.32 Å². The zero-order chi connectivity index (χ0) is 18.4. The van der Waals surface area contributed by atoms with Crippen LogP contribution in [0.1, 0.15) is 16.7 Å². The third-order valence-electron chi connectivity index (χ3n) is 4.42. The van der Waals surface area contributed by atoms with E-state index in [-0.39, 0.29) is 0 Å². The Kier molecular flexibility index (Phi) is 5.94. The topological polar surface area (TPSA) is 41.5 Å². The van der Waals surface area contributed by atoms with Gasteiger partial charge in [-0.15, -0.1) is 0 Å². The van der Waals surface area contributed by atoms with E-state index in [0.717, 1.165) is 22.4 Å². The maximum Gasteiger partial charge on any atom is 0.127 e. The quantitative estimate of drug-likeness (QED) is 0.651. The van der Waals surface area contributed by atoms with Gasteiger partial charge in [0.2, 0.25) is 0 Å². The molecule has 0 aliphatic carbocycles. The highest BCUT2D eigenvalue weighted by molar-refractivity contribution is 6.30. The van der Waals surface area contributed by atoms with Gasteiger partial charge in [0, 0.05) is 18.1 Å². The van der Waals surface area contributed by atoms with E-state index >= 15 is 0 Å². The molecule has 0 aromatic heterocycles. The van der Waals surface area contributed by atoms with Crippen LogP contribution < -0.4 is 10.1 Å². The summed E-state index contributed by atoms with van der Waals surface area (Å²) in [5.74, 6) is 0.820. The number of halogens is 1. The van der Waals surface area contributed by atoms with Crippen molar-refractivity contribution in [1.29, 1.82) is 0 Å². The van der Waals surface area contributed by atoms with E-state index in [9.17, 15) is 5.11 Å². The van der Waals surface area contributed by atoms with Crippen molar-refractivity contribution in [3.8, 4) is 5.75 Å². The summed E-state index contributed by atoms with van der Waals surface area (Å²) in [6.07, 6.45) is 0. The average Bonchev–Trinajstić information content (AvgIpc) is 2.69. The summed E-state index contributed by atoms with van der Waals surface area (Å²) in [4.78, 5) is 0. The van der Waals surface area contributed by atoms with Crippen LogP contribution in [-0.2, 0) is 12.1 Å². The van der Waals surface area contributed by atoms with E-state index < -0.39 is 5.60 Å². The summed E-state index contributed by atoms with van der Waals surface area (Å²) in [5, 5.41) is 15.5. The number of hydrogen-bond acceptors (Lipinski definition) is 3. The number of aliphatic hydroxyl groups is 1. The Morgan fingerprint density at radius 1 is 0.923 bits per heavy atom. The number of benzene rings is 3. The molecule has 0 saturated heterocycles. The monoisotopic (exact) mass is 367 g/mol. The van der Waals surface area contributed by atoms with Gasteiger partial charge in [-0.1, -0.05) is 66.2 Å². The molecule has 2 N–H and O–H groups in total. The van der Waals surface area contributed by atoms with Gasteiger partial charge in [-0.05, 0) is 41.0 Å². The summed E-state index contributed by atoms with van der Waals surface area (Å²) >= 11 is 6.01. The maximum absolute atomic E-state index is 11.5. The van der Waals surface area contributed by atoms with Gasteiger partial charge >= 0.3 is 0 Å². The van der Waals surface area contributed by atoms with E-state index in [0.29, 0.717) is 18.1 Å². The molecule has 3 aromatic carbocycles. The summed E-state index contributed by atoms with van der Waals surface area (Å²) in [7, 11) is 1.65. The Morgan fingerprint density at radius 2 is 1.62 bits per heavy atom. The Balaban J connectivity index is 1.81. The first-order chi connectivity index (χ1) is 12.6. The molecule has 3 rings (SSSR count). The van der Waals surface area contributed by atoms with Gasteiger partial charge in [-0.3, -0.25) is 0 Å². The Morgan fingerprint density at radius 3 is 2.31 bits per heavy atom. The number of ether oxygens (including phenoxy) is 1. The number of nitrogens with one attached hydrogen (secondary N) is 1. The Labute approximate surface area is 159 Å². The lowest BCUT2D eigenvalue weighted by atomic mass is 9.86. The molecule has 3 aromatic rings. The van der Waals surface area contributed by atoms with Crippen LogP contribution in [-0.4, -0.2) is 18.8 Å². The van der Waals surface area contributed by atoms with Gasteiger partial charge in [0.25, 0.3) is 0 Å². The minimum absolute atomic E-state index is 0.371. The van der Waals surface area contributed by atoms with Crippen molar-refractivity contribution in [2.24, 2.45) is 0 Å². The molecule has 0 aliphatic rings. The Hall–Kier alpha value is -2.33. The molecule has 134 valence electrons. The molecule has 0 spiro atoms. The molecule has 4 heteroatoms. The molecular weight excluding hydrogens is 346 g/mol. The fourth-order valence-corrected chi connectivity index (χ4v) is 3.11. The molecular formula is C22H22ClNO2. The highest BCUT2D eigenvalue weighted by atomic mass is 35.5. The van der Waals surface area contributed by atoms with Gasteiger partial charge in [-0.25, -0.2) is 0 Å². The van der Waals surface area contributed by atoms with Crippen LogP contribution in [0.4, 0.5) is 0 Å². The van der Waals surface area contributed by atoms with Crippen LogP contribution in [0.3, 0.4) is 0 Å². The second-order valence-electron chi connectivity index (χ2n) is 6.19. The standard InChI is InChI=1S/C22H22ClNO2/c1-26-21-9-5-6-17(14-21)15-24-16-22(25,18-7-3-2-4-8-18)19-10-12-20(23)13-11-19/h2-14,24-25H,15-16H2,1H3/t22-/m0/s1. The van der Waals surface area contributed by atoms with Crippen molar-refractivity contribution < 1.29 is 9.84 Å². The number of methoxy groups -OCH3 is 1. The van der Waals surface area contributed by atoms with E-state index in [1.54, 1.807) is 19.2 Å². The normalized spacial score (nSPS) is 13.2. The third kappa shape index (κ3) is 4.25. The Bertz CT molecular complexity index is 836. The molecule has 0 bridgehead atoms. The zero-order valence-corrected chi connectivity index (χ0v) is 15.4. The summed E-state index contributed by atoms with van der Waals surface area (Å²) < 4.78 is 5.26. The van der Waals surface area contributed by atoms with Gasteiger partial charge in [0.05, 0.1) is 7.11 Å². The van der Waals surface area contributed by atoms with Crippen LogP contribution in [0.25, 0.3) is 0 Å². The summed E-state index contributed by atoms with van der Waals surface area (Å²) in [6, 6.07) is 24.9. The molecule has 0 heterocycles. The second kappa shape index (κ2) is 8.37. The highest BCUT2D eigenvalue weighted by Crippen LogP contribution is 2.30. The van der Waals surface area contributed by atoms with Gasteiger partial charge < -0.3 is 15.2 Å². The van der Waals surface area contributed by atoms with Crippen molar-refractivity contribution in [2.75, 3.05) is 13.7 Å². The number of hydrogen-bond donors (Lipinski definition) is 2. The molecule has 3 nitrogen and oxygen atoms in total. The van der Waals surface area contributed by atoms with E-state index in [4.69, 9.17) is 16.3 Å². The molecule has 0 unspecified atom stereocenters. The molecule has 1 atom stereocenters. The van der Waals surface area contributed by atoms with Gasteiger partial charge in [-0.2, -0.15) is 0 Å². The van der Waals surface area contributed by atoms with Crippen LogP contribution in [0.2, 0.25) is 5.02 Å². The third-order valence-corrected chi connectivity index (χ3v) is 4.67. The second-order valence-corrected chi connectivity index (χ2v) is 6.62. The minimum atomic E-state index is -1.15. The SMILES string of the molecule is COc1cccc(CNC[C@](O)(c2ccccc2)c2ccc(Cl)cc2)c1. The molecule has 0 amide bonds. The molecule has 0 aliphatic heterocycles. The maximum atomic E-state index is 11.5.